The smallest absolute Gasteiger partial charge is 0.0854 e. The number of hydrogen-bond donors (Lipinski definition) is 2. The summed E-state index contributed by atoms with van der Waals surface area (Å²) in [6, 6.07) is 15.2. The lowest BCUT2D eigenvalue weighted by molar-refractivity contribution is -0.113. The van der Waals surface area contributed by atoms with Crippen LogP contribution in [-0.4, -0.2) is 29.0 Å². The maximum Gasteiger partial charge on any atom is 0.0854 e. The van der Waals surface area contributed by atoms with Crippen molar-refractivity contribution in [3.05, 3.63) is 70.3 Å². The quantitative estimate of drug-likeness (QED) is 0.872. The molecule has 1 aliphatic rings. The molecule has 1 aliphatic heterocycles. The second-order valence-corrected chi connectivity index (χ2v) is 7.09. The van der Waals surface area contributed by atoms with Gasteiger partial charge in [-0.05, 0) is 47.6 Å². The predicted octanol–water partition coefficient (Wildman–Crippen LogP) is 3.72. The predicted molar refractivity (Wildman–Crippen MR) is 99.7 cm³/mol. The van der Waals surface area contributed by atoms with Crippen molar-refractivity contribution in [1.82, 2.24) is 0 Å². The molecule has 2 aromatic carbocycles. The molecule has 134 valence electrons. The third-order valence-corrected chi connectivity index (χ3v) is 5.15. The van der Waals surface area contributed by atoms with Crippen LogP contribution >= 0.6 is 0 Å². The maximum absolute atomic E-state index is 10.1. The highest BCUT2D eigenvalue weighted by atomic mass is 16.5. The van der Waals surface area contributed by atoms with Crippen LogP contribution in [0.4, 0.5) is 0 Å². The number of ether oxygens (including phenoxy) is 1. The van der Waals surface area contributed by atoms with E-state index >= 15 is 0 Å². The molecular weight excluding hydrogens is 312 g/mol. The lowest BCUT2D eigenvalue weighted by atomic mass is 9.92. The van der Waals surface area contributed by atoms with E-state index in [1.54, 1.807) is 0 Å². The van der Waals surface area contributed by atoms with Gasteiger partial charge in [0.1, 0.15) is 0 Å². The summed E-state index contributed by atoms with van der Waals surface area (Å²) in [5.74, 6) is 0. The first-order valence-electron chi connectivity index (χ1n) is 9.20. The summed E-state index contributed by atoms with van der Waals surface area (Å²) < 4.78 is 5.96. The van der Waals surface area contributed by atoms with Crippen LogP contribution in [0.5, 0.6) is 0 Å². The van der Waals surface area contributed by atoms with E-state index in [1.807, 2.05) is 0 Å². The van der Waals surface area contributed by atoms with Crippen molar-refractivity contribution in [1.29, 1.82) is 0 Å². The Labute approximate surface area is 150 Å². The summed E-state index contributed by atoms with van der Waals surface area (Å²) in [5, 5.41) is 19.4. The normalized spacial score (nSPS) is 23.6. The fourth-order valence-electron chi connectivity index (χ4n) is 3.52. The zero-order chi connectivity index (χ0) is 17.8. The van der Waals surface area contributed by atoms with Gasteiger partial charge in [0.25, 0.3) is 0 Å². The highest BCUT2D eigenvalue weighted by Crippen LogP contribution is 2.32. The fourth-order valence-corrected chi connectivity index (χ4v) is 3.52. The highest BCUT2D eigenvalue weighted by Gasteiger charge is 2.29. The Kier molecular flexibility index (Phi) is 5.89. The van der Waals surface area contributed by atoms with Crippen LogP contribution in [-0.2, 0) is 17.6 Å². The Morgan fingerprint density at radius 1 is 1.04 bits per heavy atom. The molecule has 1 fully saturated rings. The van der Waals surface area contributed by atoms with Crippen LogP contribution in [0.2, 0.25) is 0 Å². The monoisotopic (exact) mass is 340 g/mol. The largest absolute Gasteiger partial charge is 0.394 e. The Bertz CT molecular complexity index is 693. The summed E-state index contributed by atoms with van der Waals surface area (Å²) >= 11 is 0. The molecule has 0 amide bonds. The van der Waals surface area contributed by atoms with E-state index in [0.29, 0.717) is 12.8 Å². The van der Waals surface area contributed by atoms with Gasteiger partial charge in [0, 0.05) is 12.8 Å². The van der Waals surface area contributed by atoms with E-state index in [-0.39, 0.29) is 18.8 Å². The SMILES string of the molecule is CCc1ccc(Cc2cc([C@H]3CC(O)C[C@@H](CO)O3)ccc2C)cc1. The zero-order valence-corrected chi connectivity index (χ0v) is 15.1. The van der Waals surface area contributed by atoms with Gasteiger partial charge in [0.15, 0.2) is 0 Å². The van der Waals surface area contributed by atoms with Crippen molar-refractivity contribution in [2.24, 2.45) is 0 Å². The van der Waals surface area contributed by atoms with E-state index < -0.39 is 6.10 Å². The number of aryl methyl sites for hydroxylation is 2. The minimum Gasteiger partial charge on any atom is -0.394 e. The van der Waals surface area contributed by atoms with Crippen LogP contribution in [0.15, 0.2) is 42.5 Å². The number of rotatable bonds is 5. The number of hydrogen-bond acceptors (Lipinski definition) is 3. The Balaban J connectivity index is 1.79. The minimum absolute atomic E-state index is 0.0456. The Morgan fingerprint density at radius 2 is 1.76 bits per heavy atom. The molecule has 0 radical (unpaired) electrons. The van der Waals surface area contributed by atoms with Crippen molar-refractivity contribution in [3.8, 4) is 0 Å². The highest BCUT2D eigenvalue weighted by molar-refractivity contribution is 5.37. The van der Waals surface area contributed by atoms with Crippen molar-refractivity contribution in [2.45, 2.75) is 57.8 Å². The van der Waals surface area contributed by atoms with Crippen LogP contribution in [0.1, 0.15) is 53.7 Å². The van der Waals surface area contributed by atoms with Crippen LogP contribution < -0.4 is 0 Å². The van der Waals surface area contributed by atoms with Crippen LogP contribution in [0, 0.1) is 6.92 Å². The van der Waals surface area contributed by atoms with Gasteiger partial charge in [0.05, 0.1) is 24.9 Å². The third kappa shape index (κ3) is 4.49. The van der Waals surface area contributed by atoms with Crippen molar-refractivity contribution in [2.75, 3.05) is 6.61 Å². The average molecular weight is 340 g/mol. The fraction of sp³-hybridized carbons (Fsp3) is 0.455. The van der Waals surface area contributed by atoms with Gasteiger partial charge in [-0.25, -0.2) is 0 Å². The summed E-state index contributed by atoms with van der Waals surface area (Å²) in [6.07, 6.45) is 2.20. The molecule has 2 aromatic rings. The standard InChI is InChI=1S/C22H28O3/c1-3-16-5-7-17(8-6-16)10-19-11-18(9-4-15(19)2)22-13-20(24)12-21(14-23)25-22/h4-9,11,20-24H,3,10,12-14H2,1-2H3/t20?,21-,22+/m0/s1. The molecule has 0 saturated carbocycles. The first-order chi connectivity index (χ1) is 12.1. The first-order valence-corrected chi connectivity index (χ1v) is 9.20. The molecule has 0 bridgehead atoms. The van der Waals surface area contributed by atoms with E-state index in [4.69, 9.17) is 4.74 Å². The molecule has 2 N–H and O–H groups in total. The molecule has 3 rings (SSSR count). The molecular formula is C22H28O3. The molecule has 1 unspecified atom stereocenters. The lowest BCUT2D eigenvalue weighted by Gasteiger charge is -2.32. The van der Waals surface area contributed by atoms with E-state index in [1.165, 1.54) is 22.3 Å². The van der Waals surface area contributed by atoms with Gasteiger partial charge in [-0.15, -0.1) is 0 Å². The molecule has 3 nitrogen and oxygen atoms in total. The Morgan fingerprint density at radius 3 is 2.44 bits per heavy atom. The van der Waals surface area contributed by atoms with Crippen molar-refractivity contribution < 1.29 is 14.9 Å². The first kappa shape index (κ1) is 18.1. The zero-order valence-electron chi connectivity index (χ0n) is 15.1. The van der Waals surface area contributed by atoms with Crippen LogP contribution in [0.3, 0.4) is 0 Å². The molecule has 0 aliphatic carbocycles. The summed E-state index contributed by atoms with van der Waals surface area (Å²) in [7, 11) is 0. The van der Waals surface area contributed by atoms with Crippen molar-refractivity contribution in [3.63, 3.8) is 0 Å². The van der Waals surface area contributed by atoms with Gasteiger partial charge in [-0.3, -0.25) is 0 Å². The minimum atomic E-state index is -0.415. The summed E-state index contributed by atoms with van der Waals surface area (Å²) in [5.41, 5.74) is 6.29. The Hall–Kier alpha value is -1.68. The van der Waals surface area contributed by atoms with Crippen LogP contribution in [0.25, 0.3) is 0 Å². The van der Waals surface area contributed by atoms with E-state index in [2.05, 4.69) is 56.3 Å². The molecule has 25 heavy (non-hydrogen) atoms. The van der Waals surface area contributed by atoms with Crippen molar-refractivity contribution >= 4 is 0 Å². The average Bonchev–Trinajstić information content (AvgIpc) is 2.63. The van der Waals surface area contributed by atoms with E-state index in [9.17, 15) is 10.2 Å². The lowest BCUT2D eigenvalue weighted by Crippen LogP contribution is -2.33. The number of aliphatic hydroxyl groups excluding tert-OH is 2. The van der Waals surface area contributed by atoms with E-state index in [0.717, 1.165) is 18.4 Å². The second kappa shape index (κ2) is 8.13. The topological polar surface area (TPSA) is 49.7 Å². The summed E-state index contributed by atoms with van der Waals surface area (Å²) in [4.78, 5) is 0. The van der Waals surface area contributed by atoms with Gasteiger partial charge in [-0.1, -0.05) is 49.4 Å². The molecule has 3 atom stereocenters. The van der Waals surface area contributed by atoms with Gasteiger partial charge >= 0.3 is 0 Å². The van der Waals surface area contributed by atoms with Gasteiger partial charge < -0.3 is 14.9 Å². The summed E-state index contributed by atoms with van der Waals surface area (Å²) in [6.45, 7) is 4.25. The molecule has 1 saturated heterocycles. The maximum atomic E-state index is 10.1. The second-order valence-electron chi connectivity index (χ2n) is 7.09. The molecule has 0 spiro atoms. The molecule has 1 heterocycles. The third-order valence-electron chi connectivity index (χ3n) is 5.15. The molecule has 3 heteroatoms. The number of benzene rings is 2. The molecule has 0 aromatic heterocycles. The van der Waals surface area contributed by atoms with Gasteiger partial charge in [0.2, 0.25) is 0 Å². The van der Waals surface area contributed by atoms with Gasteiger partial charge in [-0.2, -0.15) is 0 Å². The number of aliphatic hydroxyl groups is 2.